The van der Waals surface area contributed by atoms with E-state index < -0.39 is 17.7 Å². The van der Waals surface area contributed by atoms with Crippen LogP contribution in [0.15, 0.2) is 35.2 Å². The van der Waals surface area contributed by atoms with Crippen molar-refractivity contribution >= 4 is 56.4 Å². The number of piperazine rings is 1. The minimum atomic E-state index is -0.772. The van der Waals surface area contributed by atoms with Crippen molar-refractivity contribution in [3.63, 3.8) is 0 Å². The van der Waals surface area contributed by atoms with Crippen molar-refractivity contribution in [2.75, 3.05) is 31.1 Å². The van der Waals surface area contributed by atoms with Crippen molar-refractivity contribution in [1.29, 1.82) is 0 Å². The molecular weight excluding hydrogens is 538 g/mol. The molecule has 4 rings (SSSR count). The maximum Gasteiger partial charge on any atom is 0.408 e. The van der Waals surface area contributed by atoms with E-state index in [1.165, 1.54) is 6.33 Å². The molecule has 1 atom stereocenters. The highest BCUT2D eigenvalue weighted by molar-refractivity contribution is 9.10. The Morgan fingerprint density at radius 2 is 1.86 bits per heavy atom. The second kappa shape index (κ2) is 10.4. The van der Waals surface area contributed by atoms with Crippen LogP contribution >= 0.6 is 27.5 Å². The van der Waals surface area contributed by atoms with Gasteiger partial charge in [-0.2, -0.15) is 5.10 Å². The number of fused-ring (bicyclic) bond motifs is 1. The molecule has 12 heteroatoms. The zero-order valence-electron chi connectivity index (χ0n) is 19.7. The van der Waals surface area contributed by atoms with Crippen LogP contribution in [0.4, 0.5) is 10.6 Å². The lowest BCUT2D eigenvalue weighted by Crippen LogP contribution is -2.56. The van der Waals surface area contributed by atoms with Gasteiger partial charge in [0.25, 0.3) is 0 Å². The Labute approximate surface area is 216 Å². The SMILES string of the molecule is CC(C)(C)OC(=O)NC(Cc1ccc(Cl)cc1)C(=O)N1CCN(c2ncnc3[nH]nc(Br)c23)CC1. The molecule has 10 nitrogen and oxygen atoms in total. The number of benzene rings is 1. The van der Waals surface area contributed by atoms with E-state index in [1.807, 2.05) is 12.1 Å². The van der Waals surface area contributed by atoms with Crippen LogP contribution in [0.1, 0.15) is 26.3 Å². The second-order valence-electron chi connectivity index (χ2n) is 9.28. The van der Waals surface area contributed by atoms with Crippen LogP contribution in [-0.4, -0.2) is 74.9 Å². The number of hydrogen-bond acceptors (Lipinski definition) is 7. The quantitative estimate of drug-likeness (QED) is 0.487. The maximum atomic E-state index is 13.5. The van der Waals surface area contributed by atoms with Crippen molar-refractivity contribution < 1.29 is 14.3 Å². The number of anilines is 1. The van der Waals surface area contributed by atoms with Crippen molar-refractivity contribution in [3.05, 3.63) is 45.8 Å². The summed E-state index contributed by atoms with van der Waals surface area (Å²) < 4.78 is 6.05. The highest BCUT2D eigenvalue weighted by atomic mass is 79.9. The van der Waals surface area contributed by atoms with Gasteiger partial charge in [0.05, 0.1) is 5.39 Å². The number of hydrogen-bond donors (Lipinski definition) is 2. The largest absolute Gasteiger partial charge is 0.444 e. The number of aromatic amines is 1. The van der Waals surface area contributed by atoms with Crippen LogP contribution in [0.2, 0.25) is 5.02 Å². The van der Waals surface area contributed by atoms with Crippen LogP contribution in [0.25, 0.3) is 11.0 Å². The van der Waals surface area contributed by atoms with E-state index in [0.717, 1.165) is 16.8 Å². The van der Waals surface area contributed by atoms with Crippen LogP contribution in [0.3, 0.4) is 0 Å². The first-order valence-electron chi connectivity index (χ1n) is 11.2. The number of carbonyl (C=O) groups is 2. The number of rotatable bonds is 5. The summed E-state index contributed by atoms with van der Waals surface area (Å²) in [7, 11) is 0. The topological polar surface area (TPSA) is 116 Å². The molecule has 3 heterocycles. The van der Waals surface area contributed by atoms with Gasteiger partial charge in [0.1, 0.15) is 28.4 Å². The first-order valence-corrected chi connectivity index (χ1v) is 12.4. The first-order chi connectivity index (χ1) is 16.6. The molecule has 35 heavy (non-hydrogen) atoms. The maximum absolute atomic E-state index is 13.5. The third kappa shape index (κ3) is 6.21. The molecule has 2 aromatic heterocycles. The minimum absolute atomic E-state index is 0.164. The zero-order valence-corrected chi connectivity index (χ0v) is 22.1. The van der Waals surface area contributed by atoms with E-state index in [1.54, 1.807) is 37.8 Å². The molecule has 1 aliphatic heterocycles. The fourth-order valence-electron chi connectivity index (χ4n) is 3.91. The third-order valence-electron chi connectivity index (χ3n) is 5.53. The molecule has 0 aliphatic carbocycles. The van der Waals surface area contributed by atoms with Crippen LogP contribution in [0.5, 0.6) is 0 Å². The van der Waals surface area contributed by atoms with E-state index in [2.05, 4.69) is 46.3 Å². The Morgan fingerprint density at radius 1 is 1.17 bits per heavy atom. The number of nitrogens with one attached hydrogen (secondary N) is 2. The van der Waals surface area contributed by atoms with Gasteiger partial charge in [0.2, 0.25) is 5.91 Å². The molecule has 0 saturated carbocycles. The molecule has 0 spiro atoms. The van der Waals surface area contributed by atoms with Crippen LogP contribution in [-0.2, 0) is 16.0 Å². The highest BCUT2D eigenvalue weighted by Gasteiger charge is 2.31. The average molecular weight is 565 g/mol. The van der Waals surface area contributed by atoms with Crippen molar-refractivity contribution in [2.45, 2.75) is 38.8 Å². The molecule has 1 aliphatic rings. The summed E-state index contributed by atoms with van der Waals surface area (Å²) in [4.78, 5) is 38.5. The van der Waals surface area contributed by atoms with Gasteiger partial charge >= 0.3 is 6.09 Å². The number of carbonyl (C=O) groups excluding carboxylic acids is 2. The molecular formula is C23H27BrClN7O3. The van der Waals surface area contributed by atoms with Crippen LogP contribution < -0.4 is 10.2 Å². The smallest absolute Gasteiger partial charge is 0.408 e. The third-order valence-corrected chi connectivity index (χ3v) is 6.35. The molecule has 2 amide bonds. The normalized spacial score (nSPS) is 15.2. The Balaban J connectivity index is 1.47. The van der Waals surface area contributed by atoms with Gasteiger partial charge in [-0.1, -0.05) is 23.7 Å². The summed E-state index contributed by atoms with van der Waals surface area (Å²) in [6.45, 7) is 7.46. The highest BCUT2D eigenvalue weighted by Crippen LogP contribution is 2.28. The first kappa shape index (κ1) is 25.2. The monoisotopic (exact) mass is 563 g/mol. The zero-order chi connectivity index (χ0) is 25.2. The standard InChI is InChI=1S/C23H27BrClN7O3/c1-23(2,3)35-22(34)28-16(12-14-4-6-15(25)7-5-14)21(33)32-10-8-31(9-11-32)20-17-18(24)29-30-19(17)26-13-27-20/h4-7,13,16H,8-12H2,1-3H3,(H,28,34)(H,26,27,29,30). The van der Waals surface area contributed by atoms with Gasteiger partial charge in [-0.3, -0.25) is 9.89 Å². The van der Waals surface area contributed by atoms with E-state index in [9.17, 15) is 9.59 Å². The summed E-state index contributed by atoms with van der Waals surface area (Å²) in [5.74, 6) is 0.593. The molecule has 0 bridgehead atoms. The summed E-state index contributed by atoms with van der Waals surface area (Å²) in [6, 6.07) is 6.45. The summed E-state index contributed by atoms with van der Waals surface area (Å²) >= 11 is 9.45. The fraction of sp³-hybridized carbons (Fsp3) is 0.435. The minimum Gasteiger partial charge on any atom is -0.444 e. The number of halogens is 2. The number of H-pyrrole nitrogens is 1. The number of ether oxygens (including phenoxy) is 1. The summed E-state index contributed by atoms with van der Waals surface area (Å²) in [5, 5.41) is 11.2. The molecule has 1 saturated heterocycles. The fourth-order valence-corrected chi connectivity index (χ4v) is 4.49. The van der Waals surface area contributed by atoms with Gasteiger partial charge in [0, 0.05) is 37.6 Å². The number of alkyl carbamates (subject to hydrolysis) is 1. The number of nitrogens with zero attached hydrogens (tertiary/aromatic N) is 5. The Hall–Kier alpha value is -2.92. The predicted molar refractivity (Wildman–Crippen MR) is 136 cm³/mol. The van der Waals surface area contributed by atoms with Gasteiger partial charge < -0.3 is 19.9 Å². The molecule has 0 radical (unpaired) electrons. The average Bonchev–Trinajstić information content (AvgIpc) is 3.19. The van der Waals surface area contributed by atoms with Gasteiger partial charge in [0.15, 0.2) is 5.65 Å². The molecule has 1 fully saturated rings. The Morgan fingerprint density at radius 3 is 2.51 bits per heavy atom. The van der Waals surface area contributed by atoms with E-state index >= 15 is 0 Å². The van der Waals surface area contributed by atoms with Crippen molar-refractivity contribution in [2.24, 2.45) is 0 Å². The lowest BCUT2D eigenvalue weighted by atomic mass is 10.0. The molecule has 186 valence electrons. The molecule has 2 N–H and O–H groups in total. The number of amides is 2. The summed E-state index contributed by atoms with van der Waals surface area (Å²) in [6.07, 6.45) is 1.19. The molecule has 1 unspecified atom stereocenters. The van der Waals surface area contributed by atoms with Crippen molar-refractivity contribution in [1.82, 2.24) is 30.4 Å². The summed E-state index contributed by atoms with van der Waals surface area (Å²) in [5.41, 5.74) is 0.856. The molecule has 3 aromatic rings. The Kier molecular flexibility index (Phi) is 7.46. The van der Waals surface area contributed by atoms with E-state index in [-0.39, 0.29) is 5.91 Å². The predicted octanol–water partition coefficient (Wildman–Crippen LogP) is 3.55. The van der Waals surface area contributed by atoms with Gasteiger partial charge in [-0.15, -0.1) is 0 Å². The lowest BCUT2D eigenvalue weighted by molar-refractivity contribution is -0.133. The van der Waals surface area contributed by atoms with Gasteiger partial charge in [-0.25, -0.2) is 14.8 Å². The number of aromatic nitrogens is 4. The molecule has 1 aromatic carbocycles. The van der Waals surface area contributed by atoms with Crippen LogP contribution in [0, 0.1) is 0 Å². The van der Waals surface area contributed by atoms with Crippen molar-refractivity contribution in [3.8, 4) is 0 Å². The van der Waals surface area contributed by atoms with E-state index in [4.69, 9.17) is 16.3 Å². The Bertz CT molecular complexity index is 1200. The lowest BCUT2D eigenvalue weighted by Gasteiger charge is -2.37. The van der Waals surface area contributed by atoms with E-state index in [0.29, 0.717) is 47.9 Å². The van der Waals surface area contributed by atoms with Gasteiger partial charge in [-0.05, 0) is 54.4 Å². The second-order valence-corrected chi connectivity index (χ2v) is 10.5.